The summed E-state index contributed by atoms with van der Waals surface area (Å²) in [7, 11) is 1.63. The highest BCUT2D eigenvalue weighted by Crippen LogP contribution is 2.28. The molecule has 0 bridgehead atoms. The van der Waals surface area contributed by atoms with Crippen LogP contribution >= 0.6 is 0 Å². The van der Waals surface area contributed by atoms with Gasteiger partial charge in [0, 0.05) is 22.6 Å². The van der Waals surface area contributed by atoms with E-state index in [1.165, 1.54) is 5.56 Å². The average Bonchev–Trinajstić information content (AvgIpc) is 2.86. The molecule has 0 fully saturated rings. The van der Waals surface area contributed by atoms with Gasteiger partial charge in [0.2, 0.25) is 0 Å². The molecule has 1 N–H and O–H groups in total. The lowest BCUT2D eigenvalue weighted by atomic mass is 10.1. The summed E-state index contributed by atoms with van der Waals surface area (Å²) in [5.41, 5.74) is 2.70. The minimum atomic E-state index is -0.0929. The van der Waals surface area contributed by atoms with Crippen molar-refractivity contribution in [2.75, 3.05) is 7.11 Å². The maximum absolute atomic E-state index is 12.9. The number of amides is 1. The highest BCUT2D eigenvalue weighted by atomic mass is 16.5. The van der Waals surface area contributed by atoms with Crippen molar-refractivity contribution in [2.24, 2.45) is 0 Å². The van der Waals surface area contributed by atoms with Crippen LogP contribution in [0.3, 0.4) is 0 Å². The first-order valence-electron chi connectivity index (χ1n) is 11.3. The van der Waals surface area contributed by atoms with Gasteiger partial charge in [0.05, 0.1) is 7.11 Å². The van der Waals surface area contributed by atoms with Gasteiger partial charge < -0.3 is 14.8 Å². The van der Waals surface area contributed by atoms with Crippen molar-refractivity contribution in [2.45, 2.75) is 32.4 Å². The van der Waals surface area contributed by atoms with E-state index >= 15 is 0 Å². The monoisotopic (exact) mass is 439 g/mol. The van der Waals surface area contributed by atoms with Gasteiger partial charge in [-0.05, 0) is 55.0 Å². The van der Waals surface area contributed by atoms with Crippen molar-refractivity contribution >= 4 is 16.7 Å². The van der Waals surface area contributed by atoms with E-state index in [0.29, 0.717) is 17.9 Å². The molecule has 33 heavy (non-hydrogen) atoms. The second kappa shape index (κ2) is 10.7. The second-order valence-electron chi connectivity index (χ2n) is 8.19. The van der Waals surface area contributed by atoms with E-state index in [2.05, 4.69) is 29.6 Å². The third kappa shape index (κ3) is 5.72. The number of carbonyl (C=O) groups is 1. The van der Waals surface area contributed by atoms with E-state index in [0.717, 1.165) is 34.9 Å². The van der Waals surface area contributed by atoms with Gasteiger partial charge in [0.1, 0.15) is 18.1 Å². The molecule has 0 unspecified atom stereocenters. The van der Waals surface area contributed by atoms with E-state index < -0.39 is 0 Å². The van der Waals surface area contributed by atoms with E-state index in [-0.39, 0.29) is 11.9 Å². The number of ether oxygens (including phenoxy) is 2. The SMILES string of the molecule is COc1ccc(C(=O)N[C@H](C)CCc2ccccc2)cc1COc1cccc2ccccc12. The summed E-state index contributed by atoms with van der Waals surface area (Å²) < 4.78 is 11.7. The number of hydrogen-bond donors (Lipinski definition) is 1. The Morgan fingerprint density at radius 3 is 2.45 bits per heavy atom. The fourth-order valence-electron chi connectivity index (χ4n) is 3.92. The molecule has 0 aliphatic rings. The first-order chi connectivity index (χ1) is 16.1. The number of rotatable bonds is 9. The molecule has 4 rings (SSSR count). The number of benzene rings is 4. The largest absolute Gasteiger partial charge is 0.496 e. The quantitative estimate of drug-likeness (QED) is 0.339. The van der Waals surface area contributed by atoms with E-state index in [4.69, 9.17) is 9.47 Å². The predicted octanol–water partition coefficient (Wildman–Crippen LogP) is 6.18. The van der Waals surface area contributed by atoms with Gasteiger partial charge in [-0.3, -0.25) is 4.79 Å². The summed E-state index contributed by atoms with van der Waals surface area (Å²) in [6, 6.07) is 30.0. The Hall–Kier alpha value is -3.79. The second-order valence-corrected chi connectivity index (χ2v) is 8.19. The number of fused-ring (bicyclic) bond motifs is 1. The Morgan fingerprint density at radius 1 is 0.879 bits per heavy atom. The molecule has 0 heterocycles. The van der Waals surface area contributed by atoms with Crippen molar-refractivity contribution in [3.05, 3.63) is 108 Å². The molecule has 4 aromatic rings. The van der Waals surface area contributed by atoms with Gasteiger partial charge in [-0.1, -0.05) is 66.7 Å². The van der Waals surface area contributed by atoms with E-state index in [1.807, 2.05) is 67.6 Å². The Morgan fingerprint density at radius 2 is 1.64 bits per heavy atom. The molecule has 0 saturated carbocycles. The summed E-state index contributed by atoms with van der Waals surface area (Å²) in [4.78, 5) is 12.9. The summed E-state index contributed by atoms with van der Waals surface area (Å²) in [6.45, 7) is 2.34. The minimum Gasteiger partial charge on any atom is -0.496 e. The zero-order valence-electron chi connectivity index (χ0n) is 19.1. The lowest BCUT2D eigenvalue weighted by Crippen LogP contribution is -2.33. The fraction of sp³-hybridized carbons (Fsp3) is 0.207. The average molecular weight is 440 g/mol. The van der Waals surface area contributed by atoms with Crippen LogP contribution in [0.1, 0.15) is 34.8 Å². The molecule has 0 aromatic heterocycles. The molecule has 0 spiro atoms. The first kappa shape index (κ1) is 22.4. The van der Waals surface area contributed by atoms with Crippen molar-refractivity contribution in [3.63, 3.8) is 0 Å². The molecule has 1 atom stereocenters. The molecule has 168 valence electrons. The number of carbonyl (C=O) groups excluding carboxylic acids is 1. The third-order valence-electron chi connectivity index (χ3n) is 5.76. The van der Waals surface area contributed by atoms with Crippen LogP contribution in [-0.4, -0.2) is 19.1 Å². The maximum Gasteiger partial charge on any atom is 0.251 e. The third-order valence-corrected chi connectivity index (χ3v) is 5.76. The van der Waals surface area contributed by atoms with Crippen LogP contribution in [0.25, 0.3) is 10.8 Å². The van der Waals surface area contributed by atoms with Gasteiger partial charge in [0.15, 0.2) is 0 Å². The Bertz CT molecular complexity index is 1210. The molecular weight excluding hydrogens is 410 g/mol. The number of nitrogens with one attached hydrogen (secondary N) is 1. The molecule has 1 amide bonds. The molecule has 4 heteroatoms. The number of hydrogen-bond acceptors (Lipinski definition) is 3. The fourth-order valence-corrected chi connectivity index (χ4v) is 3.92. The van der Waals surface area contributed by atoms with Gasteiger partial charge in [-0.2, -0.15) is 0 Å². The highest BCUT2D eigenvalue weighted by molar-refractivity contribution is 5.94. The van der Waals surface area contributed by atoms with Gasteiger partial charge in [0.25, 0.3) is 5.91 Å². The first-order valence-corrected chi connectivity index (χ1v) is 11.3. The normalized spacial score (nSPS) is 11.7. The maximum atomic E-state index is 12.9. The standard InChI is InChI=1S/C29H29NO3/c1-21(15-16-22-9-4-3-5-10-22)30-29(31)24-17-18-27(32-2)25(19-24)20-33-28-14-8-12-23-11-6-7-13-26(23)28/h3-14,17-19,21H,15-16,20H2,1-2H3,(H,30,31)/t21-/m1/s1. The molecular formula is C29H29NO3. The lowest BCUT2D eigenvalue weighted by Gasteiger charge is -2.16. The molecule has 0 radical (unpaired) electrons. The predicted molar refractivity (Wildman–Crippen MR) is 133 cm³/mol. The molecule has 0 saturated heterocycles. The number of aryl methyl sites for hydroxylation is 1. The summed E-state index contributed by atoms with van der Waals surface area (Å²) >= 11 is 0. The zero-order valence-corrected chi connectivity index (χ0v) is 19.1. The van der Waals surface area contributed by atoms with Crippen LogP contribution < -0.4 is 14.8 Å². The van der Waals surface area contributed by atoms with E-state index in [1.54, 1.807) is 13.2 Å². The smallest absolute Gasteiger partial charge is 0.251 e. The van der Waals surface area contributed by atoms with Crippen LogP contribution in [0.4, 0.5) is 0 Å². The van der Waals surface area contributed by atoms with Crippen molar-refractivity contribution in [3.8, 4) is 11.5 Å². The van der Waals surface area contributed by atoms with Crippen LogP contribution in [0.5, 0.6) is 11.5 Å². The van der Waals surface area contributed by atoms with Crippen LogP contribution in [0.15, 0.2) is 91.0 Å². The van der Waals surface area contributed by atoms with Crippen molar-refractivity contribution < 1.29 is 14.3 Å². The number of methoxy groups -OCH3 is 1. The van der Waals surface area contributed by atoms with Crippen LogP contribution in [-0.2, 0) is 13.0 Å². The van der Waals surface area contributed by atoms with Crippen molar-refractivity contribution in [1.29, 1.82) is 0 Å². The van der Waals surface area contributed by atoms with Crippen LogP contribution in [0, 0.1) is 0 Å². The van der Waals surface area contributed by atoms with Gasteiger partial charge in [-0.25, -0.2) is 0 Å². The molecule has 4 aromatic carbocycles. The van der Waals surface area contributed by atoms with Crippen LogP contribution in [0.2, 0.25) is 0 Å². The lowest BCUT2D eigenvalue weighted by molar-refractivity contribution is 0.0938. The molecule has 0 aliphatic carbocycles. The van der Waals surface area contributed by atoms with Gasteiger partial charge >= 0.3 is 0 Å². The summed E-state index contributed by atoms with van der Waals surface area (Å²) in [5.74, 6) is 1.41. The highest BCUT2D eigenvalue weighted by Gasteiger charge is 2.14. The summed E-state index contributed by atoms with van der Waals surface area (Å²) in [6.07, 6.45) is 1.80. The minimum absolute atomic E-state index is 0.0650. The Kier molecular flexibility index (Phi) is 7.26. The zero-order chi connectivity index (χ0) is 23.0. The topological polar surface area (TPSA) is 47.6 Å². The Balaban J connectivity index is 1.43. The summed E-state index contributed by atoms with van der Waals surface area (Å²) in [5, 5.41) is 5.29. The molecule has 4 nitrogen and oxygen atoms in total. The Labute approximate surface area is 195 Å². The van der Waals surface area contributed by atoms with E-state index in [9.17, 15) is 4.79 Å². The van der Waals surface area contributed by atoms with Gasteiger partial charge in [-0.15, -0.1) is 0 Å². The molecule has 0 aliphatic heterocycles. The van der Waals surface area contributed by atoms with Crippen molar-refractivity contribution in [1.82, 2.24) is 5.32 Å².